The summed E-state index contributed by atoms with van der Waals surface area (Å²) < 4.78 is 1.06. The van der Waals surface area contributed by atoms with E-state index in [1.165, 1.54) is 0 Å². The van der Waals surface area contributed by atoms with Gasteiger partial charge in [-0.2, -0.15) is 0 Å². The van der Waals surface area contributed by atoms with Gasteiger partial charge in [-0.25, -0.2) is 0 Å². The van der Waals surface area contributed by atoms with Gasteiger partial charge in [-0.05, 0) is 59.4 Å². The number of amides is 1. The summed E-state index contributed by atoms with van der Waals surface area (Å²) in [5.74, 6) is 0.202. The Hall–Kier alpha value is -0.580. The molecule has 1 aliphatic rings. The predicted octanol–water partition coefficient (Wildman–Crippen LogP) is 3.86. The number of aryl methyl sites for hydroxylation is 1. The molecule has 1 amide bonds. The molecule has 98 valence electrons. The average Bonchev–Trinajstić information content (AvgIpc) is 2.28. The molecule has 1 saturated heterocycles. The fraction of sp³-hybridized carbons (Fsp3) is 0.533. The monoisotopic (exact) mass is 357 g/mol. The van der Waals surface area contributed by atoms with Crippen molar-refractivity contribution in [1.82, 2.24) is 4.90 Å². The molecule has 0 saturated carbocycles. The summed E-state index contributed by atoms with van der Waals surface area (Å²) in [6.45, 7) is 8.36. The van der Waals surface area contributed by atoms with Gasteiger partial charge in [0.25, 0.3) is 5.91 Å². The van der Waals surface area contributed by atoms with Crippen LogP contribution in [-0.4, -0.2) is 23.9 Å². The highest BCUT2D eigenvalue weighted by Crippen LogP contribution is 2.31. The molecule has 1 aromatic carbocycles. The van der Waals surface area contributed by atoms with Crippen LogP contribution in [0.25, 0.3) is 0 Å². The predicted molar refractivity (Wildman–Crippen MR) is 82.8 cm³/mol. The maximum atomic E-state index is 12.6. The molecule has 2 rings (SSSR count). The standard InChI is InChI=1S/C15H20INO/c1-11-5-4-6-12(16)13(11)14(18)17-9-7-15(2,3)8-10-17/h4-6H,7-10H2,1-3H3. The van der Waals surface area contributed by atoms with Gasteiger partial charge < -0.3 is 4.90 Å². The van der Waals surface area contributed by atoms with Crippen molar-refractivity contribution in [3.8, 4) is 0 Å². The Bertz CT molecular complexity index is 437. The Morgan fingerprint density at radius 2 is 1.89 bits per heavy atom. The lowest BCUT2D eigenvalue weighted by Crippen LogP contribution is -2.41. The molecule has 2 nitrogen and oxygen atoms in total. The lowest BCUT2D eigenvalue weighted by atomic mass is 9.82. The topological polar surface area (TPSA) is 20.3 Å². The first-order valence-electron chi connectivity index (χ1n) is 6.45. The minimum absolute atomic E-state index is 0.202. The third kappa shape index (κ3) is 2.87. The molecule has 0 aromatic heterocycles. The van der Waals surface area contributed by atoms with Crippen LogP contribution >= 0.6 is 22.6 Å². The lowest BCUT2D eigenvalue weighted by Gasteiger charge is -2.37. The van der Waals surface area contributed by atoms with Gasteiger partial charge in [0.2, 0.25) is 0 Å². The fourth-order valence-corrected chi connectivity index (χ4v) is 3.24. The molecule has 0 atom stereocenters. The van der Waals surface area contributed by atoms with Crippen LogP contribution in [0, 0.1) is 15.9 Å². The zero-order valence-electron chi connectivity index (χ0n) is 11.3. The summed E-state index contributed by atoms with van der Waals surface area (Å²) in [6.07, 6.45) is 2.20. The van der Waals surface area contributed by atoms with Crippen molar-refractivity contribution >= 4 is 28.5 Å². The maximum Gasteiger partial charge on any atom is 0.255 e. The Balaban J connectivity index is 2.18. The van der Waals surface area contributed by atoms with E-state index in [-0.39, 0.29) is 5.91 Å². The first-order chi connectivity index (χ1) is 8.41. The number of nitrogens with zero attached hydrogens (tertiary/aromatic N) is 1. The molecule has 0 N–H and O–H groups in total. The Kier molecular flexibility index (Phi) is 3.99. The smallest absolute Gasteiger partial charge is 0.255 e. The van der Waals surface area contributed by atoms with E-state index in [2.05, 4.69) is 36.4 Å². The lowest BCUT2D eigenvalue weighted by molar-refractivity contribution is 0.0628. The molecule has 1 aliphatic heterocycles. The Morgan fingerprint density at radius 3 is 2.44 bits per heavy atom. The molecule has 1 fully saturated rings. The molecule has 18 heavy (non-hydrogen) atoms. The van der Waals surface area contributed by atoms with Gasteiger partial charge in [-0.3, -0.25) is 4.79 Å². The van der Waals surface area contributed by atoms with Gasteiger partial charge in [0, 0.05) is 16.7 Å². The zero-order valence-corrected chi connectivity index (χ0v) is 13.5. The minimum atomic E-state index is 0.202. The number of piperidine rings is 1. The number of carbonyl (C=O) groups excluding carboxylic acids is 1. The summed E-state index contributed by atoms with van der Waals surface area (Å²) >= 11 is 2.26. The molecule has 1 aromatic rings. The summed E-state index contributed by atoms with van der Waals surface area (Å²) in [7, 11) is 0. The van der Waals surface area contributed by atoms with Crippen LogP contribution < -0.4 is 0 Å². The fourth-order valence-electron chi connectivity index (χ4n) is 2.38. The number of benzene rings is 1. The van der Waals surface area contributed by atoms with E-state index in [4.69, 9.17) is 0 Å². The number of halogens is 1. The summed E-state index contributed by atoms with van der Waals surface area (Å²) in [4.78, 5) is 14.6. The van der Waals surface area contributed by atoms with Crippen LogP contribution in [0.4, 0.5) is 0 Å². The van der Waals surface area contributed by atoms with Crippen LogP contribution in [0.15, 0.2) is 18.2 Å². The van der Waals surface area contributed by atoms with E-state index in [1.54, 1.807) is 0 Å². The van der Waals surface area contributed by atoms with E-state index in [0.29, 0.717) is 5.41 Å². The SMILES string of the molecule is Cc1cccc(I)c1C(=O)N1CCC(C)(C)CC1. The molecular weight excluding hydrogens is 337 g/mol. The summed E-state index contributed by atoms with van der Waals surface area (Å²) in [5, 5.41) is 0. The van der Waals surface area contributed by atoms with Crippen LogP contribution in [0.3, 0.4) is 0 Å². The minimum Gasteiger partial charge on any atom is -0.339 e. The van der Waals surface area contributed by atoms with E-state index in [1.807, 2.05) is 30.0 Å². The van der Waals surface area contributed by atoms with Crippen molar-refractivity contribution in [2.24, 2.45) is 5.41 Å². The van der Waals surface area contributed by atoms with Gasteiger partial charge in [-0.1, -0.05) is 26.0 Å². The molecule has 0 radical (unpaired) electrons. The van der Waals surface area contributed by atoms with Crippen LogP contribution in [0.2, 0.25) is 0 Å². The van der Waals surface area contributed by atoms with Crippen molar-refractivity contribution in [2.75, 3.05) is 13.1 Å². The van der Waals surface area contributed by atoms with Gasteiger partial charge in [0.15, 0.2) is 0 Å². The second kappa shape index (κ2) is 5.19. The second-order valence-corrected chi connectivity index (χ2v) is 7.05. The summed E-state index contributed by atoms with van der Waals surface area (Å²) in [6, 6.07) is 6.03. The zero-order chi connectivity index (χ0) is 13.3. The van der Waals surface area contributed by atoms with Crippen molar-refractivity contribution in [3.63, 3.8) is 0 Å². The van der Waals surface area contributed by atoms with E-state index < -0.39 is 0 Å². The van der Waals surface area contributed by atoms with E-state index in [0.717, 1.165) is 40.6 Å². The van der Waals surface area contributed by atoms with Gasteiger partial charge >= 0.3 is 0 Å². The van der Waals surface area contributed by atoms with Gasteiger partial charge in [0.1, 0.15) is 0 Å². The van der Waals surface area contributed by atoms with Crippen molar-refractivity contribution in [2.45, 2.75) is 33.6 Å². The molecular formula is C15H20INO. The molecule has 3 heteroatoms. The molecule has 0 spiro atoms. The van der Waals surface area contributed by atoms with Crippen LogP contribution in [-0.2, 0) is 0 Å². The maximum absolute atomic E-state index is 12.6. The van der Waals surface area contributed by atoms with Gasteiger partial charge in [0.05, 0.1) is 5.56 Å². The van der Waals surface area contributed by atoms with E-state index in [9.17, 15) is 4.79 Å². The molecule has 0 unspecified atom stereocenters. The quantitative estimate of drug-likeness (QED) is 0.699. The van der Waals surface area contributed by atoms with Gasteiger partial charge in [-0.15, -0.1) is 0 Å². The molecule has 0 aliphatic carbocycles. The second-order valence-electron chi connectivity index (χ2n) is 5.89. The van der Waals surface area contributed by atoms with Crippen molar-refractivity contribution < 1.29 is 4.79 Å². The summed E-state index contributed by atoms with van der Waals surface area (Å²) in [5.41, 5.74) is 2.35. The molecule has 0 bridgehead atoms. The third-order valence-electron chi connectivity index (χ3n) is 3.84. The first-order valence-corrected chi connectivity index (χ1v) is 7.53. The first kappa shape index (κ1) is 13.8. The molecule has 1 heterocycles. The normalized spacial score (nSPS) is 18.8. The number of hydrogen-bond acceptors (Lipinski definition) is 1. The highest BCUT2D eigenvalue weighted by Gasteiger charge is 2.29. The largest absolute Gasteiger partial charge is 0.339 e. The highest BCUT2D eigenvalue weighted by molar-refractivity contribution is 14.1. The number of likely N-dealkylation sites (tertiary alicyclic amines) is 1. The van der Waals surface area contributed by atoms with E-state index >= 15 is 0 Å². The third-order valence-corrected chi connectivity index (χ3v) is 4.74. The van der Waals surface area contributed by atoms with Crippen molar-refractivity contribution in [3.05, 3.63) is 32.9 Å². The van der Waals surface area contributed by atoms with Crippen molar-refractivity contribution in [1.29, 1.82) is 0 Å². The number of rotatable bonds is 1. The average molecular weight is 357 g/mol. The number of carbonyl (C=O) groups is 1. The van der Waals surface area contributed by atoms with Crippen LogP contribution in [0.5, 0.6) is 0 Å². The Morgan fingerprint density at radius 1 is 1.28 bits per heavy atom. The highest BCUT2D eigenvalue weighted by atomic mass is 127. The Labute approximate surface area is 123 Å². The van der Waals surface area contributed by atoms with Crippen LogP contribution in [0.1, 0.15) is 42.6 Å². The number of hydrogen-bond donors (Lipinski definition) is 0.